The summed E-state index contributed by atoms with van der Waals surface area (Å²) in [5.74, 6) is -0.557. The molecule has 0 radical (unpaired) electrons. The molecular formula is C20H15NO5. The molecule has 0 spiro atoms. The van der Waals surface area contributed by atoms with Crippen molar-refractivity contribution in [1.29, 1.82) is 0 Å². The van der Waals surface area contributed by atoms with Gasteiger partial charge in [0.1, 0.15) is 19.0 Å². The van der Waals surface area contributed by atoms with Crippen LogP contribution in [-0.2, 0) is 19.1 Å². The lowest BCUT2D eigenvalue weighted by Crippen LogP contribution is -2.27. The molecule has 1 aromatic heterocycles. The molecular weight excluding hydrogens is 334 g/mol. The Morgan fingerprint density at radius 1 is 1.00 bits per heavy atom. The highest BCUT2D eigenvalue weighted by Crippen LogP contribution is 2.44. The summed E-state index contributed by atoms with van der Waals surface area (Å²) in [5, 5.41) is 3.14. The number of hydrogen-bond donors (Lipinski definition) is 1. The summed E-state index contributed by atoms with van der Waals surface area (Å²) in [6.45, 7) is 2.37. The third-order valence-corrected chi connectivity index (χ3v) is 5.05. The van der Waals surface area contributed by atoms with Gasteiger partial charge in [-0.1, -0.05) is 12.1 Å². The number of rotatable bonds is 2. The van der Waals surface area contributed by atoms with Gasteiger partial charge in [0.2, 0.25) is 0 Å². The Hall–Kier alpha value is -3.28. The predicted molar refractivity (Wildman–Crippen MR) is 90.7 cm³/mol. The lowest BCUT2D eigenvalue weighted by molar-refractivity contribution is -0.136. The number of cyclic esters (lactones) is 2. The van der Waals surface area contributed by atoms with E-state index in [1.807, 2.05) is 37.3 Å². The second-order valence-electron chi connectivity index (χ2n) is 6.55. The molecule has 0 saturated heterocycles. The maximum atomic E-state index is 12.4. The third-order valence-electron chi connectivity index (χ3n) is 5.05. The lowest BCUT2D eigenvalue weighted by atomic mass is 9.80. The number of esters is 2. The number of carbonyl (C=O) groups is 2. The van der Waals surface area contributed by atoms with Crippen molar-refractivity contribution in [2.24, 2.45) is 0 Å². The molecule has 2 aromatic rings. The molecule has 130 valence electrons. The number of furan rings is 1. The van der Waals surface area contributed by atoms with Gasteiger partial charge in [-0.15, -0.1) is 0 Å². The molecule has 0 aliphatic carbocycles. The molecule has 0 unspecified atom stereocenters. The Morgan fingerprint density at radius 2 is 1.69 bits per heavy atom. The monoisotopic (exact) mass is 349 g/mol. The van der Waals surface area contributed by atoms with Crippen molar-refractivity contribution in [3.05, 3.63) is 70.3 Å². The summed E-state index contributed by atoms with van der Waals surface area (Å²) >= 11 is 0. The largest absolute Gasteiger partial charge is 0.464 e. The Labute approximate surface area is 149 Å². The van der Waals surface area contributed by atoms with Gasteiger partial charge >= 0.3 is 11.9 Å². The Balaban J connectivity index is 1.70. The van der Waals surface area contributed by atoms with Crippen LogP contribution in [0.3, 0.4) is 0 Å². The van der Waals surface area contributed by atoms with Gasteiger partial charge in [-0.2, -0.15) is 0 Å². The van der Waals surface area contributed by atoms with Gasteiger partial charge in [-0.25, -0.2) is 9.59 Å². The van der Waals surface area contributed by atoms with Crippen LogP contribution < -0.4 is 5.32 Å². The number of ether oxygens (including phenoxy) is 2. The van der Waals surface area contributed by atoms with E-state index in [2.05, 4.69) is 5.32 Å². The molecule has 6 nitrogen and oxygen atoms in total. The smallest absolute Gasteiger partial charge is 0.337 e. The summed E-state index contributed by atoms with van der Waals surface area (Å²) in [7, 11) is 0. The predicted octanol–water partition coefficient (Wildman–Crippen LogP) is 2.56. The van der Waals surface area contributed by atoms with E-state index in [0.717, 1.165) is 22.5 Å². The minimum Gasteiger partial charge on any atom is -0.464 e. The fourth-order valence-electron chi connectivity index (χ4n) is 3.80. The SMILES string of the molecule is Cc1ccc(C2C3=C(COC3=O)NC3=C2C(=O)OC3)cc1-c1ccco1. The van der Waals surface area contributed by atoms with Crippen molar-refractivity contribution in [3.63, 3.8) is 0 Å². The second kappa shape index (κ2) is 5.36. The number of dihydropyridines is 1. The Bertz CT molecular complexity index is 973. The average Bonchev–Trinajstić information content (AvgIpc) is 3.36. The maximum Gasteiger partial charge on any atom is 0.337 e. The van der Waals surface area contributed by atoms with Gasteiger partial charge < -0.3 is 19.2 Å². The van der Waals surface area contributed by atoms with E-state index in [1.54, 1.807) is 6.26 Å². The highest BCUT2D eigenvalue weighted by atomic mass is 16.5. The van der Waals surface area contributed by atoms with Gasteiger partial charge in [0.15, 0.2) is 0 Å². The lowest BCUT2D eigenvalue weighted by Gasteiger charge is -2.24. The summed E-state index contributed by atoms with van der Waals surface area (Å²) in [6.07, 6.45) is 1.62. The van der Waals surface area contributed by atoms with Crippen LogP contribution in [0.1, 0.15) is 17.0 Å². The first-order chi connectivity index (χ1) is 12.6. The molecule has 0 amide bonds. The van der Waals surface area contributed by atoms with Crippen LogP contribution in [0.15, 0.2) is 63.6 Å². The van der Waals surface area contributed by atoms with Crippen LogP contribution in [0, 0.1) is 6.92 Å². The van der Waals surface area contributed by atoms with Crippen LogP contribution in [0.2, 0.25) is 0 Å². The molecule has 0 atom stereocenters. The standard InChI is InChI=1S/C20H15NO5/c1-10-4-5-11(7-12(10)15-3-2-6-24-15)16-17-13(8-25-19(17)22)21-14-9-26-20(23)18(14)16/h2-7,16,21H,8-9H2,1H3. The fraction of sp³-hybridized carbons (Fsp3) is 0.200. The first-order valence-corrected chi connectivity index (χ1v) is 8.35. The summed E-state index contributed by atoms with van der Waals surface area (Å²) in [5.41, 5.74) is 5.18. The van der Waals surface area contributed by atoms with E-state index < -0.39 is 17.9 Å². The van der Waals surface area contributed by atoms with Crippen molar-refractivity contribution in [2.45, 2.75) is 12.8 Å². The molecule has 1 N–H and O–H groups in total. The molecule has 26 heavy (non-hydrogen) atoms. The molecule has 6 heteroatoms. The summed E-state index contributed by atoms with van der Waals surface area (Å²) < 4.78 is 15.9. The van der Waals surface area contributed by atoms with Crippen LogP contribution in [-0.4, -0.2) is 25.2 Å². The highest BCUT2D eigenvalue weighted by Gasteiger charge is 2.45. The van der Waals surface area contributed by atoms with E-state index in [0.29, 0.717) is 22.5 Å². The molecule has 5 rings (SSSR count). The zero-order valence-electron chi connectivity index (χ0n) is 14.0. The van der Waals surface area contributed by atoms with E-state index >= 15 is 0 Å². The van der Waals surface area contributed by atoms with Crippen LogP contribution >= 0.6 is 0 Å². The van der Waals surface area contributed by atoms with Gasteiger partial charge in [0, 0.05) is 5.56 Å². The topological polar surface area (TPSA) is 77.8 Å². The number of hydrogen-bond acceptors (Lipinski definition) is 6. The Kier molecular flexibility index (Phi) is 3.09. The van der Waals surface area contributed by atoms with Crippen molar-refractivity contribution in [3.8, 4) is 11.3 Å². The van der Waals surface area contributed by atoms with Gasteiger partial charge in [0.25, 0.3) is 0 Å². The first-order valence-electron chi connectivity index (χ1n) is 8.35. The number of nitrogens with one attached hydrogen (secondary N) is 1. The molecule has 3 aliphatic rings. The molecule has 0 saturated carbocycles. The first kappa shape index (κ1) is 15.0. The molecule has 4 heterocycles. The molecule has 3 aliphatic heterocycles. The number of carbonyl (C=O) groups excluding carboxylic acids is 2. The van der Waals surface area contributed by atoms with Gasteiger partial charge in [0.05, 0.1) is 34.7 Å². The van der Waals surface area contributed by atoms with Crippen molar-refractivity contribution >= 4 is 11.9 Å². The van der Waals surface area contributed by atoms with Crippen molar-refractivity contribution in [2.75, 3.05) is 13.2 Å². The fourth-order valence-corrected chi connectivity index (χ4v) is 3.80. The summed E-state index contributed by atoms with van der Waals surface area (Å²) in [6, 6.07) is 9.59. The van der Waals surface area contributed by atoms with Crippen LogP contribution in [0.5, 0.6) is 0 Å². The number of benzene rings is 1. The van der Waals surface area contributed by atoms with Crippen LogP contribution in [0.4, 0.5) is 0 Å². The summed E-state index contributed by atoms with van der Waals surface area (Å²) in [4.78, 5) is 24.7. The minimum atomic E-state index is -0.499. The Morgan fingerprint density at radius 3 is 2.31 bits per heavy atom. The molecule has 0 fully saturated rings. The van der Waals surface area contributed by atoms with E-state index in [9.17, 15) is 9.59 Å². The highest BCUT2D eigenvalue weighted by molar-refractivity contribution is 6.02. The molecule has 0 bridgehead atoms. The van der Waals surface area contributed by atoms with Gasteiger partial charge in [-0.05, 0) is 36.2 Å². The van der Waals surface area contributed by atoms with Crippen molar-refractivity contribution in [1.82, 2.24) is 5.32 Å². The van der Waals surface area contributed by atoms with Gasteiger partial charge in [-0.3, -0.25) is 0 Å². The minimum absolute atomic E-state index is 0.187. The van der Waals surface area contributed by atoms with E-state index in [4.69, 9.17) is 13.9 Å². The normalized spacial score (nSPS) is 19.3. The van der Waals surface area contributed by atoms with Crippen LogP contribution in [0.25, 0.3) is 11.3 Å². The van der Waals surface area contributed by atoms with E-state index in [-0.39, 0.29) is 13.2 Å². The quantitative estimate of drug-likeness (QED) is 0.840. The van der Waals surface area contributed by atoms with Crippen molar-refractivity contribution < 1.29 is 23.5 Å². The third kappa shape index (κ3) is 2.05. The second-order valence-corrected chi connectivity index (χ2v) is 6.55. The number of aryl methyl sites for hydroxylation is 1. The molecule has 1 aromatic carbocycles. The zero-order chi connectivity index (χ0) is 17.8. The van der Waals surface area contributed by atoms with E-state index in [1.165, 1.54) is 0 Å². The average molecular weight is 349 g/mol. The maximum absolute atomic E-state index is 12.4. The zero-order valence-corrected chi connectivity index (χ0v) is 14.0.